The van der Waals surface area contributed by atoms with Crippen molar-refractivity contribution in [1.29, 1.82) is 0 Å². The number of hydrogen-bond donors (Lipinski definition) is 0. The molecule has 1 saturated carbocycles. The molecule has 2 aliphatic heterocycles. The summed E-state index contributed by atoms with van der Waals surface area (Å²) in [6, 6.07) is 26.5. The van der Waals surface area contributed by atoms with Crippen LogP contribution in [0.1, 0.15) is 35.4 Å². The van der Waals surface area contributed by atoms with Gasteiger partial charge in [-0.15, -0.1) is 0 Å². The van der Waals surface area contributed by atoms with Crippen molar-refractivity contribution in [2.24, 2.45) is 11.8 Å². The molecule has 6 rings (SSSR count). The average Bonchev–Trinajstić information content (AvgIpc) is 3.10. The largest absolute Gasteiger partial charge is 0.461 e. The number of piperidine rings is 1. The number of esters is 1. The number of hydrogen-bond acceptors (Lipinski definition) is 3. The van der Waals surface area contributed by atoms with Gasteiger partial charge in [0.1, 0.15) is 23.5 Å². The van der Waals surface area contributed by atoms with E-state index in [2.05, 4.69) is 37.4 Å². The van der Waals surface area contributed by atoms with E-state index in [1.54, 1.807) is 0 Å². The van der Waals surface area contributed by atoms with E-state index in [0.29, 0.717) is 11.8 Å². The van der Waals surface area contributed by atoms with Gasteiger partial charge in [-0.05, 0) is 30.5 Å². The van der Waals surface area contributed by atoms with Gasteiger partial charge < -0.3 is 14.0 Å². The zero-order valence-corrected chi connectivity index (χ0v) is 19.7. The van der Waals surface area contributed by atoms with E-state index in [9.17, 15) is 4.79 Å². The van der Waals surface area contributed by atoms with Crippen molar-refractivity contribution >= 4 is 5.97 Å². The second-order valence-corrected chi connectivity index (χ2v) is 10.6. The Morgan fingerprint density at radius 3 is 2.03 bits per heavy atom. The Labute approximate surface area is 201 Å². The van der Waals surface area contributed by atoms with Crippen LogP contribution >= 0.6 is 0 Å². The van der Waals surface area contributed by atoms with E-state index in [-0.39, 0.29) is 12.1 Å². The van der Waals surface area contributed by atoms with Gasteiger partial charge in [-0.3, -0.25) is 4.79 Å². The number of ether oxygens (including phenoxy) is 2. The molecule has 0 amide bonds. The Morgan fingerprint density at radius 1 is 0.853 bits per heavy atom. The molecule has 2 bridgehead atoms. The lowest BCUT2D eigenvalue weighted by Crippen LogP contribution is -2.58. The van der Waals surface area contributed by atoms with Crippen LogP contribution in [0.2, 0.25) is 0 Å². The maximum atomic E-state index is 13.7. The molecule has 3 aromatic carbocycles. The van der Waals surface area contributed by atoms with Crippen LogP contribution in [0.3, 0.4) is 0 Å². The fourth-order valence-electron chi connectivity index (χ4n) is 6.52. The van der Waals surface area contributed by atoms with E-state index in [1.165, 1.54) is 5.56 Å². The van der Waals surface area contributed by atoms with Gasteiger partial charge in [0.15, 0.2) is 0 Å². The van der Waals surface area contributed by atoms with Crippen LogP contribution in [0.4, 0.5) is 0 Å². The molecule has 3 aromatic rings. The standard InChI is InChI=1S/C30H32NO3/c1-31(18-17-21-9-3-2-4-10-21)19-22-15-16-23(20-31)29(22)34-30(32)28-24-11-5-7-13-26(24)33-27-14-8-6-12-25(27)28/h2-14,22-23,28-29H,15-20H2,1H3/q+1/t22-,23+,29?,31?. The Bertz CT molecular complexity index is 1130. The SMILES string of the molecule is C[N+]1(CCc2ccccc2)C[C@H]2CC[C@@H](C1)C2OC(=O)C1c2ccccc2Oc2ccccc21. The van der Waals surface area contributed by atoms with Crippen molar-refractivity contribution in [2.45, 2.75) is 31.3 Å². The molecule has 2 unspecified atom stereocenters. The zero-order valence-electron chi connectivity index (χ0n) is 19.7. The zero-order chi connectivity index (χ0) is 23.1. The van der Waals surface area contributed by atoms with Crippen LogP contribution in [0.15, 0.2) is 78.9 Å². The first-order valence-corrected chi connectivity index (χ1v) is 12.5. The van der Waals surface area contributed by atoms with Crippen LogP contribution < -0.4 is 4.74 Å². The molecule has 2 fully saturated rings. The fraction of sp³-hybridized carbons (Fsp3) is 0.367. The average molecular weight is 455 g/mol. The number of carbonyl (C=O) groups excluding carboxylic acids is 1. The predicted molar refractivity (Wildman–Crippen MR) is 132 cm³/mol. The minimum absolute atomic E-state index is 0.0256. The molecule has 0 N–H and O–H groups in total. The van der Waals surface area contributed by atoms with Crippen LogP contribution in [0.5, 0.6) is 11.5 Å². The van der Waals surface area contributed by atoms with Crippen molar-refractivity contribution in [2.75, 3.05) is 26.7 Å². The first kappa shape index (κ1) is 21.4. The number of carbonyl (C=O) groups is 1. The van der Waals surface area contributed by atoms with Crippen molar-refractivity contribution in [1.82, 2.24) is 0 Å². The molecular weight excluding hydrogens is 422 g/mol. The smallest absolute Gasteiger partial charge is 0.318 e. The molecule has 3 aliphatic rings. The summed E-state index contributed by atoms with van der Waals surface area (Å²) < 4.78 is 13.5. The lowest BCUT2D eigenvalue weighted by molar-refractivity contribution is -0.920. The van der Waals surface area contributed by atoms with Crippen molar-refractivity contribution in [3.05, 3.63) is 95.6 Å². The van der Waals surface area contributed by atoms with Crippen LogP contribution in [-0.2, 0) is 16.0 Å². The number of para-hydroxylation sites is 2. The molecule has 1 saturated heterocycles. The summed E-state index contributed by atoms with van der Waals surface area (Å²) in [6.45, 7) is 3.31. The van der Waals surface area contributed by atoms with E-state index in [1.807, 2.05) is 48.5 Å². The quantitative estimate of drug-likeness (QED) is 0.374. The van der Waals surface area contributed by atoms with Crippen LogP contribution in [-0.4, -0.2) is 43.2 Å². The molecule has 2 heterocycles. The maximum Gasteiger partial charge on any atom is 0.318 e. The van der Waals surface area contributed by atoms with Gasteiger partial charge in [0.05, 0.1) is 26.7 Å². The second-order valence-electron chi connectivity index (χ2n) is 10.6. The summed E-state index contributed by atoms with van der Waals surface area (Å²) in [5, 5.41) is 0. The van der Waals surface area contributed by atoms with E-state index in [4.69, 9.17) is 9.47 Å². The molecule has 4 atom stereocenters. The van der Waals surface area contributed by atoms with Gasteiger partial charge in [0, 0.05) is 29.4 Å². The van der Waals surface area contributed by atoms with Gasteiger partial charge >= 0.3 is 5.97 Å². The number of likely N-dealkylation sites (N-methyl/N-ethyl adjacent to an activating group) is 1. The Morgan fingerprint density at radius 2 is 1.41 bits per heavy atom. The van der Waals surface area contributed by atoms with E-state index >= 15 is 0 Å². The van der Waals surface area contributed by atoms with E-state index < -0.39 is 5.92 Å². The molecule has 4 heteroatoms. The topological polar surface area (TPSA) is 35.5 Å². The van der Waals surface area contributed by atoms with Crippen molar-refractivity contribution in [3.8, 4) is 11.5 Å². The van der Waals surface area contributed by atoms with Gasteiger partial charge in [0.25, 0.3) is 0 Å². The van der Waals surface area contributed by atoms with E-state index in [0.717, 1.165) is 66.0 Å². The first-order chi connectivity index (χ1) is 16.6. The second kappa shape index (κ2) is 8.59. The summed E-state index contributed by atoms with van der Waals surface area (Å²) in [5.41, 5.74) is 3.20. The Balaban J connectivity index is 1.19. The summed E-state index contributed by atoms with van der Waals surface area (Å²) in [7, 11) is 2.39. The summed E-state index contributed by atoms with van der Waals surface area (Å²) >= 11 is 0. The van der Waals surface area contributed by atoms with Crippen molar-refractivity contribution in [3.63, 3.8) is 0 Å². The predicted octanol–water partition coefficient (Wildman–Crippen LogP) is 5.57. The fourth-order valence-corrected chi connectivity index (χ4v) is 6.52. The normalized spacial score (nSPS) is 27.4. The lowest BCUT2D eigenvalue weighted by Gasteiger charge is -2.44. The molecule has 174 valence electrons. The number of likely N-dealkylation sites (tertiary alicyclic amines) is 1. The molecule has 0 radical (unpaired) electrons. The van der Waals surface area contributed by atoms with Gasteiger partial charge in [0.2, 0.25) is 0 Å². The van der Waals surface area contributed by atoms with Crippen LogP contribution in [0, 0.1) is 11.8 Å². The summed E-state index contributed by atoms with van der Waals surface area (Å²) in [4.78, 5) is 13.7. The number of benzene rings is 3. The summed E-state index contributed by atoms with van der Waals surface area (Å²) in [6.07, 6.45) is 3.43. The minimum Gasteiger partial charge on any atom is -0.461 e. The maximum absolute atomic E-state index is 13.7. The molecule has 0 spiro atoms. The minimum atomic E-state index is -0.429. The number of quaternary nitrogens is 1. The number of fused-ring (bicyclic) bond motifs is 4. The Kier molecular flexibility index (Phi) is 5.41. The number of rotatable bonds is 5. The van der Waals surface area contributed by atoms with Gasteiger partial charge in [-0.2, -0.15) is 0 Å². The molecule has 1 aliphatic carbocycles. The molecular formula is C30H32NO3+. The third kappa shape index (κ3) is 3.90. The Hall–Kier alpha value is -3.11. The first-order valence-electron chi connectivity index (χ1n) is 12.5. The lowest BCUT2D eigenvalue weighted by atomic mass is 9.87. The van der Waals surface area contributed by atoms with Crippen LogP contribution in [0.25, 0.3) is 0 Å². The van der Waals surface area contributed by atoms with Crippen molar-refractivity contribution < 1.29 is 18.8 Å². The monoisotopic (exact) mass is 454 g/mol. The summed E-state index contributed by atoms with van der Waals surface area (Å²) in [5.74, 6) is 1.81. The highest BCUT2D eigenvalue weighted by atomic mass is 16.5. The molecule has 4 nitrogen and oxygen atoms in total. The highest BCUT2D eigenvalue weighted by Gasteiger charge is 2.51. The number of nitrogens with zero attached hydrogens (tertiary/aromatic N) is 1. The highest BCUT2D eigenvalue weighted by molar-refractivity contribution is 5.85. The van der Waals surface area contributed by atoms with Gasteiger partial charge in [-0.1, -0.05) is 66.7 Å². The van der Waals surface area contributed by atoms with Gasteiger partial charge in [-0.25, -0.2) is 0 Å². The third-order valence-corrected chi connectivity index (χ3v) is 8.14. The third-order valence-electron chi connectivity index (χ3n) is 8.14. The molecule has 0 aromatic heterocycles. The highest BCUT2D eigenvalue weighted by Crippen LogP contribution is 2.46. The molecule has 34 heavy (non-hydrogen) atoms.